The first-order chi connectivity index (χ1) is 21.5. The lowest BCUT2D eigenvalue weighted by Gasteiger charge is -2.30. The Labute approximate surface area is 255 Å². The van der Waals surface area contributed by atoms with Crippen molar-refractivity contribution in [2.24, 2.45) is 11.8 Å². The predicted octanol–water partition coefficient (Wildman–Crippen LogP) is 6.18. The minimum atomic E-state index is -2.39. The highest BCUT2D eigenvalue weighted by molar-refractivity contribution is 5.93. The van der Waals surface area contributed by atoms with Gasteiger partial charge in [0.2, 0.25) is 40.7 Å². The molecule has 12 heteroatoms. The van der Waals surface area contributed by atoms with Crippen LogP contribution in [-0.4, -0.2) is 59.5 Å². The Morgan fingerprint density at radius 2 is 1.42 bits per heavy atom. The first-order valence-electron chi connectivity index (χ1n) is 14.6. The van der Waals surface area contributed by atoms with Crippen LogP contribution in [0.1, 0.15) is 43.7 Å². The lowest BCUT2D eigenvalue weighted by Crippen LogP contribution is -2.50. The third-order valence-corrected chi connectivity index (χ3v) is 8.78. The van der Waals surface area contributed by atoms with Crippen LogP contribution in [0.2, 0.25) is 0 Å². The maximum Gasteiger partial charge on any atom is 0.410 e. The highest BCUT2D eigenvalue weighted by Gasteiger charge is 2.53. The van der Waals surface area contributed by atoms with Gasteiger partial charge in [0.25, 0.3) is 0 Å². The Morgan fingerprint density at radius 1 is 0.867 bits per heavy atom. The van der Waals surface area contributed by atoms with E-state index in [0.29, 0.717) is 6.42 Å². The number of hydrogen-bond donors (Lipinski definition) is 0. The molecule has 3 aromatic rings. The van der Waals surface area contributed by atoms with Gasteiger partial charge in [-0.15, -0.1) is 0 Å². The van der Waals surface area contributed by atoms with E-state index in [2.05, 4.69) is 0 Å². The molecule has 2 amide bonds. The van der Waals surface area contributed by atoms with Crippen LogP contribution >= 0.6 is 0 Å². The van der Waals surface area contributed by atoms with Gasteiger partial charge in [0.05, 0.1) is 0 Å². The SMILES string of the molecule is CC(C)C[C@H](C(=O)Oc1c(F)c(F)c(F)c(F)c1F)N1C[C@@H]2CCN(C(=O)OCC3c4ccccc4-c4ccccc43)[C@@H]2C1=O. The van der Waals surface area contributed by atoms with Gasteiger partial charge in [-0.3, -0.25) is 9.69 Å². The Hall–Kier alpha value is -4.48. The second-order valence-electron chi connectivity index (χ2n) is 11.9. The molecule has 45 heavy (non-hydrogen) atoms. The van der Waals surface area contributed by atoms with Crippen LogP contribution < -0.4 is 4.74 Å². The number of carbonyl (C=O) groups is 3. The zero-order valence-electron chi connectivity index (χ0n) is 24.4. The van der Waals surface area contributed by atoms with Crippen LogP contribution in [0, 0.1) is 40.9 Å². The molecule has 7 nitrogen and oxygen atoms in total. The zero-order chi connectivity index (χ0) is 32.2. The summed E-state index contributed by atoms with van der Waals surface area (Å²) < 4.78 is 80.1. The Balaban J connectivity index is 1.18. The molecular weight excluding hydrogens is 599 g/mol. The van der Waals surface area contributed by atoms with Crippen molar-refractivity contribution in [2.45, 2.75) is 44.7 Å². The number of amides is 2. The molecule has 0 bridgehead atoms. The van der Waals surface area contributed by atoms with E-state index in [-0.39, 0.29) is 43.9 Å². The quantitative estimate of drug-likeness (QED) is 0.103. The topological polar surface area (TPSA) is 76.2 Å². The number of halogens is 5. The Bertz CT molecular complexity index is 1620. The molecule has 2 aliphatic heterocycles. The summed E-state index contributed by atoms with van der Waals surface area (Å²) in [5, 5.41) is 0. The first kappa shape index (κ1) is 30.5. The van der Waals surface area contributed by atoms with Gasteiger partial charge in [0, 0.05) is 24.9 Å². The number of nitrogens with zero attached hydrogens (tertiary/aromatic N) is 2. The smallest absolute Gasteiger partial charge is 0.410 e. The molecule has 1 aliphatic carbocycles. The fourth-order valence-electron chi connectivity index (χ4n) is 6.70. The lowest BCUT2D eigenvalue weighted by molar-refractivity contribution is -0.148. The van der Waals surface area contributed by atoms with Crippen LogP contribution in [0.25, 0.3) is 11.1 Å². The number of esters is 1. The minimum Gasteiger partial charge on any atom is -0.448 e. The summed E-state index contributed by atoms with van der Waals surface area (Å²) in [6.45, 7) is 3.77. The molecule has 3 atom stereocenters. The number of hydrogen-bond acceptors (Lipinski definition) is 5. The molecule has 0 radical (unpaired) electrons. The van der Waals surface area contributed by atoms with Crippen molar-refractivity contribution in [2.75, 3.05) is 19.7 Å². The van der Waals surface area contributed by atoms with Crippen LogP contribution in [0.5, 0.6) is 5.75 Å². The average Bonchev–Trinajstić information content (AvgIpc) is 3.70. The number of fused-ring (bicyclic) bond motifs is 4. The van der Waals surface area contributed by atoms with Crippen LogP contribution in [-0.2, 0) is 14.3 Å². The van der Waals surface area contributed by atoms with Crippen molar-refractivity contribution in [1.29, 1.82) is 0 Å². The summed E-state index contributed by atoms with van der Waals surface area (Å²) in [4.78, 5) is 42.7. The van der Waals surface area contributed by atoms with Crippen molar-refractivity contribution >= 4 is 18.0 Å². The molecule has 3 aliphatic rings. The fraction of sp³-hybridized carbons (Fsp3) is 0.364. The summed E-state index contributed by atoms with van der Waals surface area (Å²) in [6.07, 6.45) is -0.285. The van der Waals surface area contributed by atoms with Crippen molar-refractivity contribution < 1.29 is 45.8 Å². The number of carbonyl (C=O) groups excluding carboxylic acids is 3. The fourth-order valence-corrected chi connectivity index (χ4v) is 6.70. The molecule has 0 aromatic heterocycles. The van der Waals surface area contributed by atoms with Gasteiger partial charge in [0.1, 0.15) is 18.7 Å². The largest absolute Gasteiger partial charge is 0.448 e. The van der Waals surface area contributed by atoms with E-state index in [1.165, 1.54) is 4.90 Å². The lowest BCUT2D eigenvalue weighted by atomic mass is 9.98. The van der Waals surface area contributed by atoms with Crippen LogP contribution in [0.3, 0.4) is 0 Å². The van der Waals surface area contributed by atoms with E-state index < -0.39 is 64.9 Å². The molecule has 2 saturated heterocycles. The number of benzene rings is 3. The van der Waals surface area contributed by atoms with Crippen molar-refractivity contribution in [3.8, 4) is 16.9 Å². The highest BCUT2D eigenvalue weighted by Crippen LogP contribution is 2.45. The van der Waals surface area contributed by atoms with Crippen LogP contribution in [0.15, 0.2) is 48.5 Å². The second kappa shape index (κ2) is 11.8. The van der Waals surface area contributed by atoms with Crippen molar-refractivity contribution in [1.82, 2.24) is 9.80 Å². The molecular formula is C33H29F5N2O5. The van der Waals surface area contributed by atoms with E-state index in [4.69, 9.17) is 9.47 Å². The molecule has 236 valence electrons. The summed E-state index contributed by atoms with van der Waals surface area (Å²) in [7, 11) is 0. The molecule has 2 heterocycles. The summed E-state index contributed by atoms with van der Waals surface area (Å²) >= 11 is 0. The van der Waals surface area contributed by atoms with Gasteiger partial charge in [0.15, 0.2) is 0 Å². The normalized spacial score (nSPS) is 19.5. The molecule has 0 unspecified atom stereocenters. The van der Waals surface area contributed by atoms with Gasteiger partial charge < -0.3 is 14.4 Å². The molecule has 6 rings (SSSR count). The summed E-state index contributed by atoms with van der Waals surface area (Å²) in [5.41, 5.74) is 4.17. The van der Waals surface area contributed by atoms with Crippen molar-refractivity contribution in [3.05, 3.63) is 88.7 Å². The number of rotatable bonds is 7. The monoisotopic (exact) mass is 628 g/mol. The van der Waals surface area contributed by atoms with Gasteiger partial charge in [-0.25, -0.2) is 22.8 Å². The van der Waals surface area contributed by atoms with Crippen molar-refractivity contribution in [3.63, 3.8) is 0 Å². The maximum atomic E-state index is 14.3. The Morgan fingerprint density at radius 3 is 2.00 bits per heavy atom. The zero-order valence-corrected chi connectivity index (χ0v) is 24.4. The third kappa shape index (κ3) is 5.19. The highest BCUT2D eigenvalue weighted by atomic mass is 19.2. The molecule has 0 spiro atoms. The number of ether oxygens (including phenoxy) is 2. The maximum absolute atomic E-state index is 14.3. The molecule has 3 aromatic carbocycles. The summed E-state index contributed by atoms with van der Waals surface area (Å²) in [5.74, 6) is -16.0. The van der Waals surface area contributed by atoms with E-state index in [1.54, 1.807) is 13.8 Å². The van der Waals surface area contributed by atoms with Crippen LogP contribution in [0.4, 0.5) is 26.7 Å². The van der Waals surface area contributed by atoms with E-state index in [1.807, 2.05) is 48.5 Å². The molecule has 0 saturated carbocycles. The second-order valence-corrected chi connectivity index (χ2v) is 11.9. The number of likely N-dealkylation sites (tertiary alicyclic amines) is 2. The van der Waals surface area contributed by atoms with Gasteiger partial charge >= 0.3 is 12.1 Å². The van der Waals surface area contributed by atoms with Gasteiger partial charge in [-0.2, -0.15) is 8.78 Å². The standard InChI is InChI=1S/C33H29F5N2O5/c1-16(2)13-23(32(42)45-30-27(37)25(35)24(34)26(36)28(30)38)40-14-17-11-12-39(29(17)31(40)41)33(43)44-15-22-20-9-5-3-7-18(20)19-8-4-6-10-21(19)22/h3-10,16-17,22-23,29H,11-15H2,1-2H3/t17-,23+,29-/m0/s1. The van der Waals surface area contributed by atoms with Gasteiger partial charge in [-0.1, -0.05) is 62.4 Å². The third-order valence-electron chi connectivity index (χ3n) is 8.78. The molecule has 2 fully saturated rings. The molecule has 0 N–H and O–H groups in total. The Kier molecular flexibility index (Phi) is 8.00. The minimum absolute atomic E-state index is 0.0235. The van der Waals surface area contributed by atoms with E-state index in [9.17, 15) is 36.3 Å². The predicted molar refractivity (Wildman–Crippen MR) is 150 cm³/mol. The average molecular weight is 629 g/mol. The van der Waals surface area contributed by atoms with Gasteiger partial charge in [-0.05, 0) is 41.0 Å². The first-order valence-corrected chi connectivity index (χ1v) is 14.6. The van der Waals surface area contributed by atoms with E-state index in [0.717, 1.165) is 27.2 Å². The van der Waals surface area contributed by atoms with E-state index >= 15 is 0 Å². The summed E-state index contributed by atoms with van der Waals surface area (Å²) in [6, 6.07) is 13.4.